The van der Waals surface area contributed by atoms with Crippen LogP contribution in [0.3, 0.4) is 0 Å². The highest BCUT2D eigenvalue weighted by Crippen LogP contribution is 2.59. The fourth-order valence-corrected chi connectivity index (χ4v) is 12.0. The molecule has 0 radical (unpaired) electrons. The standard InChI is InChI=1S/C56H51NOS/c1-53(2,3)32-28-40-39-26-27-43-50(52(39)59-51(40)45(29-32)54(4,5)6)49-42(56(43,9)10)19-15-20-46(49)57(34-23-25-38-37-17-12-14-21-47(37)58-48(38)31-34)33-22-24-36-35-16-11-13-18-41(35)55(7,8)44(36)30-33/h11-31H,1-10H3. The lowest BCUT2D eigenvalue weighted by atomic mass is 9.79. The summed E-state index contributed by atoms with van der Waals surface area (Å²) in [5, 5.41) is 5.01. The Hall–Kier alpha value is -5.64. The Bertz CT molecular complexity index is 3240. The first kappa shape index (κ1) is 36.4. The molecule has 2 aliphatic rings. The Morgan fingerprint density at radius 2 is 1.12 bits per heavy atom. The van der Waals surface area contributed by atoms with E-state index >= 15 is 0 Å². The Balaban J connectivity index is 1.21. The Kier molecular flexibility index (Phi) is 7.40. The normalized spacial score (nSPS) is 15.2. The van der Waals surface area contributed by atoms with Gasteiger partial charge in [0.05, 0.1) is 5.69 Å². The summed E-state index contributed by atoms with van der Waals surface area (Å²) in [6.45, 7) is 23.7. The summed E-state index contributed by atoms with van der Waals surface area (Å²) in [5.41, 5.74) is 18.6. The van der Waals surface area contributed by atoms with E-state index in [0.29, 0.717) is 0 Å². The van der Waals surface area contributed by atoms with Crippen molar-refractivity contribution in [2.45, 2.75) is 90.9 Å². The summed E-state index contributed by atoms with van der Waals surface area (Å²) in [4.78, 5) is 2.51. The van der Waals surface area contributed by atoms with Gasteiger partial charge in [-0.15, -0.1) is 11.3 Å². The smallest absolute Gasteiger partial charge is 0.137 e. The number of benzene rings is 7. The average Bonchev–Trinajstić information content (AvgIpc) is 3.89. The van der Waals surface area contributed by atoms with Crippen LogP contribution in [0.1, 0.15) is 103 Å². The van der Waals surface area contributed by atoms with Gasteiger partial charge in [-0.1, -0.05) is 148 Å². The summed E-state index contributed by atoms with van der Waals surface area (Å²) in [7, 11) is 0. The average molecular weight is 786 g/mol. The van der Waals surface area contributed by atoms with Gasteiger partial charge in [-0.25, -0.2) is 0 Å². The predicted molar refractivity (Wildman–Crippen MR) is 254 cm³/mol. The molecule has 2 aromatic heterocycles. The van der Waals surface area contributed by atoms with Gasteiger partial charge in [0, 0.05) is 70.3 Å². The third-order valence-corrected chi connectivity index (χ3v) is 15.0. The van der Waals surface area contributed by atoms with E-state index in [1.165, 1.54) is 81.5 Å². The molecule has 0 fully saturated rings. The Morgan fingerprint density at radius 1 is 0.475 bits per heavy atom. The van der Waals surface area contributed by atoms with Crippen LogP contribution in [0, 0.1) is 0 Å². The highest BCUT2D eigenvalue weighted by atomic mass is 32.1. The molecule has 0 spiro atoms. The molecular weight excluding hydrogens is 735 g/mol. The molecule has 2 nitrogen and oxygen atoms in total. The Labute approximate surface area is 352 Å². The van der Waals surface area contributed by atoms with Gasteiger partial charge in [-0.3, -0.25) is 0 Å². The van der Waals surface area contributed by atoms with E-state index in [1.54, 1.807) is 0 Å². The predicted octanol–water partition coefficient (Wildman–Crippen LogP) is 16.6. The minimum Gasteiger partial charge on any atom is -0.456 e. The van der Waals surface area contributed by atoms with Crippen LogP contribution in [0.15, 0.2) is 132 Å². The van der Waals surface area contributed by atoms with Gasteiger partial charge in [-0.2, -0.15) is 0 Å². The molecule has 7 aromatic carbocycles. The maximum absolute atomic E-state index is 6.58. The highest BCUT2D eigenvalue weighted by Gasteiger charge is 2.41. The summed E-state index contributed by atoms with van der Waals surface area (Å²) < 4.78 is 9.37. The molecule has 0 saturated heterocycles. The van der Waals surface area contributed by atoms with Crippen molar-refractivity contribution < 1.29 is 4.42 Å². The third kappa shape index (κ3) is 5.10. The van der Waals surface area contributed by atoms with E-state index in [1.807, 2.05) is 11.3 Å². The van der Waals surface area contributed by atoms with Crippen LogP contribution in [0.4, 0.5) is 17.1 Å². The van der Waals surface area contributed by atoms with Crippen LogP contribution in [-0.2, 0) is 21.7 Å². The van der Waals surface area contributed by atoms with Gasteiger partial charge in [0.25, 0.3) is 0 Å². The van der Waals surface area contributed by atoms with Crippen LogP contribution < -0.4 is 4.90 Å². The van der Waals surface area contributed by atoms with Crippen molar-refractivity contribution >= 4 is 70.5 Å². The highest BCUT2D eigenvalue weighted by molar-refractivity contribution is 7.26. The van der Waals surface area contributed by atoms with Gasteiger partial charge in [0.15, 0.2) is 0 Å². The fraction of sp³-hybridized carbons (Fsp3) is 0.250. The van der Waals surface area contributed by atoms with Gasteiger partial charge >= 0.3 is 0 Å². The van der Waals surface area contributed by atoms with Crippen LogP contribution in [0.2, 0.25) is 0 Å². The minimum absolute atomic E-state index is 0.000992. The minimum atomic E-state index is -0.190. The summed E-state index contributed by atoms with van der Waals surface area (Å²) in [6, 6.07) is 48.1. The fourth-order valence-electron chi connectivity index (χ4n) is 10.5. The van der Waals surface area contributed by atoms with E-state index in [4.69, 9.17) is 4.42 Å². The zero-order valence-corrected chi connectivity index (χ0v) is 36.7. The zero-order chi connectivity index (χ0) is 41.0. The summed E-state index contributed by atoms with van der Waals surface area (Å²) in [5.74, 6) is 0. The molecule has 59 heavy (non-hydrogen) atoms. The molecule has 292 valence electrons. The maximum Gasteiger partial charge on any atom is 0.137 e. The van der Waals surface area contributed by atoms with Crippen molar-refractivity contribution in [3.05, 3.63) is 161 Å². The molecule has 2 aliphatic carbocycles. The van der Waals surface area contributed by atoms with Crippen molar-refractivity contribution in [1.29, 1.82) is 0 Å². The number of furan rings is 1. The maximum atomic E-state index is 6.58. The second kappa shape index (κ2) is 12.0. The van der Waals surface area contributed by atoms with E-state index in [2.05, 4.69) is 202 Å². The van der Waals surface area contributed by atoms with Crippen molar-refractivity contribution in [1.82, 2.24) is 0 Å². The molecule has 2 heterocycles. The number of anilines is 3. The van der Waals surface area contributed by atoms with Gasteiger partial charge in [0.2, 0.25) is 0 Å². The lowest BCUT2D eigenvalue weighted by Crippen LogP contribution is -2.17. The molecule has 11 rings (SSSR count). The molecule has 0 saturated carbocycles. The number of thiophene rings is 1. The van der Waals surface area contributed by atoms with Crippen LogP contribution >= 0.6 is 11.3 Å². The van der Waals surface area contributed by atoms with Gasteiger partial charge in [0.1, 0.15) is 11.2 Å². The van der Waals surface area contributed by atoms with Crippen LogP contribution in [0.25, 0.3) is 64.4 Å². The van der Waals surface area contributed by atoms with Crippen molar-refractivity contribution in [3.63, 3.8) is 0 Å². The van der Waals surface area contributed by atoms with E-state index in [0.717, 1.165) is 33.3 Å². The number of rotatable bonds is 3. The largest absolute Gasteiger partial charge is 0.456 e. The molecular formula is C56H51NOS. The molecule has 0 amide bonds. The second-order valence-corrected chi connectivity index (χ2v) is 21.2. The Morgan fingerprint density at radius 3 is 1.92 bits per heavy atom. The summed E-state index contributed by atoms with van der Waals surface area (Å²) >= 11 is 2.00. The van der Waals surface area contributed by atoms with E-state index in [-0.39, 0.29) is 21.7 Å². The molecule has 0 bridgehead atoms. The van der Waals surface area contributed by atoms with Crippen LogP contribution in [-0.4, -0.2) is 0 Å². The zero-order valence-electron chi connectivity index (χ0n) is 35.9. The first-order chi connectivity index (χ1) is 28.0. The van der Waals surface area contributed by atoms with Gasteiger partial charge < -0.3 is 9.32 Å². The quantitative estimate of drug-likeness (QED) is 0.177. The summed E-state index contributed by atoms with van der Waals surface area (Å²) in [6.07, 6.45) is 0. The number of fused-ring (bicyclic) bond motifs is 13. The molecule has 9 aromatic rings. The van der Waals surface area contributed by atoms with Gasteiger partial charge in [-0.05, 0) is 97.8 Å². The SMILES string of the molecule is CC(C)(C)c1cc(C(C)(C)C)c2sc3c4c(ccc3c2c1)C(C)(C)c1cccc(N(c2ccc3c(c2)C(C)(C)c2ccccc2-3)c2ccc3c(c2)oc2ccccc23)c1-4. The van der Waals surface area contributed by atoms with E-state index in [9.17, 15) is 0 Å². The number of hydrogen-bond acceptors (Lipinski definition) is 3. The van der Waals surface area contributed by atoms with Crippen molar-refractivity contribution in [3.8, 4) is 22.3 Å². The second-order valence-electron chi connectivity index (χ2n) is 20.2. The lowest BCUT2D eigenvalue weighted by molar-refractivity contribution is 0.573. The first-order valence-corrected chi connectivity index (χ1v) is 22.0. The van der Waals surface area contributed by atoms with Crippen molar-refractivity contribution in [2.24, 2.45) is 0 Å². The molecule has 0 unspecified atom stereocenters. The van der Waals surface area contributed by atoms with Crippen LogP contribution in [0.5, 0.6) is 0 Å². The number of nitrogens with zero attached hydrogens (tertiary/aromatic N) is 1. The lowest BCUT2D eigenvalue weighted by Gasteiger charge is -2.30. The van der Waals surface area contributed by atoms with E-state index < -0.39 is 0 Å². The number of hydrogen-bond donors (Lipinski definition) is 0. The van der Waals surface area contributed by atoms with Crippen molar-refractivity contribution in [2.75, 3.05) is 4.90 Å². The topological polar surface area (TPSA) is 16.4 Å². The number of para-hydroxylation sites is 1. The third-order valence-electron chi connectivity index (χ3n) is 13.7. The molecule has 0 aliphatic heterocycles. The molecule has 3 heteroatoms. The molecule has 0 atom stereocenters. The first-order valence-electron chi connectivity index (χ1n) is 21.2. The molecule has 0 N–H and O–H groups in total. The monoisotopic (exact) mass is 785 g/mol.